The Labute approximate surface area is 368 Å². The maximum Gasteiger partial charge on any atom is 0.167 e. The van der Waals surface area contributed by atoms with Crippen LogP contribution in [0, 0.1) is 0 Å². The molecule has 0 N–H and O–H groups in total. The molecule has 0 saturated heterocycles. The normalized spacial score (nSPS) is 11.8. The summed E-state index contributed by atoms with van der Waals surface area (Å²) in [7, 11) is 0. The van der Waals surface area contributed by atoms with E-state index in [1.165, 1.54) is 21.5 Å². The first-order chi connectivity index (χ1) is 31.7. The van der Waals surface area contributed by atoms with Gasteiger partial charge in [-0.15, -0.1) is 0 Å². The lowest BCUT2D eigenvalue weighted by atomic mass is 9.96. The molecule has 0 saturated carbocycles. The lowest BCUT2D eigenvalue weighted by Gasteiger charge is -2.13. The maximum atomic E-state index is 7.11. The summed E-state index contributed by atoms with van der Waals surface area (Å²) in [5.74, 6) is 1.71. The zero-order valence-corrected chi connectivity index (χ0v) is 34.5. The third-order valence-corrected chi connectivity index (χ3v) is 12.6. The zero-order valence-electron chi connectivity index (χ0n) is 34.5. The summed E-state index contributed by atoms with van der Waals surface area (Å²) in [6.45, 7) is 0. The number of furan rings is 1. The molecule has 0 aliphatic heterocycles. The number of hydrogen-bond donors (Lipinski definition) is 0. The van der Waals surface area contributed by atoms with E-state index >= 15 is 0 Å². The molecule has 5 nitrogen and oxygen atoms in total. The Balaban J connectivity index is 1.06. The molecule has 5 heteroatoms. The van der Waals surface area contributed by atoms with Crippen molar-refractivity contribution in [3.8, 4) is 62.1 Å². The van der Waals surface area contributed by atoms with Crippen LogP contribution in [0.25, 0.3) is 127 Å². The van der Waals surface area contributed by atoms with E-state index in [0.29, 0.717) is 17.5 Å². The van der Waals surface area contributed by atoms with Gasteiger partial charge >= 0.3 is 0 Å². The van der Waals surface area contributed by atoms with Crippen molar-refractivity contribution in [1.29, 1.82) is 0 Å². The second kappa shape index (κ2) is 14.5. The van der Waals surface area contributed by atoms with Crippen LogP contribution < -0.4 is 0 Å². The van der Waals surface area contributed by atoms with Gasteiger partial charge in [-0.1, -0.05) is 170 Å². The summed E-state index contributed by atoms with van der Waals surface area (Å²) >= 11 is 0. The third-order valence-electron chi connectivity index (χ3n) is 12.6. The molecule has 0 spiro atoms. The van der Waals surface area contributed by atoms with Crippen molar-refractivity contribution < 1.29 is 4.42 Å². The largest absolute Gasteiger partial charge is 0.455 e. The van der Waals surface area contributed by atoms with Gasteiger partial charge in [0.15, 0.2) is 17.5 Å². The quantitative estimate of drug-likeness (QED) is 0.168. The number of benzene rings is 10. The van der Waals surface area contributed by atoms with Crippen LogP contribution in [-0.4, -0.2) is 19.5 Å². The first-order valence-corrected chi connectivity index (χ1v) is 21.6. The number of aromatic nitrogens is 4. The van der Waals surface area contributed by atoms with Gasteiger partial charge in [0.05, 0.1) is 22.3 Å². The van der Waals surface area contributed by atoms with Crippen LogP contribution in [0.2, 0.25) is 0 Å². The summed E-state index contributed by atoms with van der Waals surface area (Å²) in [5.41, 5.74) is 11.9. The number of para-hydroxylation sites is 2. The van der Waals surface area contributed by atoms with Gasteiger partial charge in [0.1, 0.15) is 11.2 Å². The van der Waals surface area contributed by atoms with Gasteiger partial charge in [-0.05, 0) is 80.9 Å². The average molecular weight is 817 g/mol. The van der Waals surface area contributed by atoms with E-state index in [2.05, 4.69) is 180 Å². The van der Waals surface area contributed by atoms with Crippen molar-refractivity contribution in [3.63, 3.8) is 0 Å². The molecular formula is C59H36N4O. The van der Waals surface area contributed by atoms with Crippen LogP contribution in [0.4, 0.5) is 0 Å². The van der Waals surface area contributed by atoms with Gasteiger partial charge in [-0.25, -0.2) is 15.0 Å². The van der Waals surface area contributed by atoms with Gasteiger partial charge in [0, 0.05) is 44.1 Å². The van der Waals surface area contributed by atoms with Crippen molar-refractivity contribution in [2.24, 2.45) is 0 Å². The fourth-order valence-corrected chi connectivity index (χ4v) is 9.61. The summed E-state index contributed by atoms with van der Waals surface area (Å²) in [6.07, 6.45) is 0. The van der Waals surface area contributed by atoms with Crippen molar-refractivity contribution >= 4 is 65.3 Å². The van der Waals surface area contributed by atoms with Crippen LogP contribution in [-0.2, 0) is 0 Å². The molecular weight excluding hydrogens is 781 g/mol. The number of nitrogens with zero attached hydrogens (tertiary/aromatic N) is 4. The molecule has 0 radical (unpaired) electrons. The molecule has 13 aromatic rings. The molecule has 0 unspecified atom stereocenters. The lowest BCUT2D eigenvalue weighted by Crippen LogP contribution is -2.00. The van der Waals surface area contributed by atoms with Gasteiger partial charge in [-0.2, -0.15) is 0 Å². The molecule has 10 aromatic carbocycles. The van der Waals surface area contributed by atoms with Crippen LogP contribution in [0.3, 0.4) is 0 Å². The van der Waals surface area contributed by atoms with E-state index in [4.69, 9.17) is 19.4 Å². The Hall–Kier alpha value is -8.67. The van der Waals surface area contributed by atoms with Crippen molar-refractivity contribution in [2.75, 3.05) is 0 Å². The van der Waals surface area contributed by atoms with Gasteiger partial charge in [-0.3, -0.25) is 0 Å². The highest BCUT2D eigenvalue weighted by molar-refractivity contribution is 6.23. The second-order valence-corrected chi connectivity index (χ2v) is 16.4. The van der Waals surface area contributed by atoms with E-state index < -0.39 is 0 Å². The van der Waals surface area contributed by atoms with E-state index in [0.717, 1.165) is 88.4 Å². The van der Waals surface area contributed by atoms with Crippen molar-refractivity contribution in [1.82, 2.24) is 19.5 Å². The predicted molar refractivity (Wildman–Crippen MR) is 264 cm³/mol. The van der Waals surface area contributed by atoms with Crippen LogP contribution >= 0.6 is 0 Å². The number of fused-ring (bicyclic) bond motifs is 9. The van der Waals surface area contributed by atoms with Crippen molar-refractivity contribution in [2.45, 2.75) is 0 Å². The molecule has 0 amide bonds. The molecule has 64 heavy (non-hydrogen) atoms. The fraction of sp³-hybridized carbons (Fsp3) is 0. The standard InChI is InChI=1S/C59H36N4O/c1-4-17-37(18-5-1)42-31-43(38-19-6-2-7-20-38)33-44(32-42)58-60-57(39-21-8-3-9-22-39)61-59(62-58)49-29-16-28-48-55-47-27-13-12-25-45(47)53(36-54(55)64-56(48)49)63-51-30-15-14-26-46(51)50-34-40-23-10-11-24-41(40)35-52(50)63/h1-36H. The lowest BCUT2D eigenvalue weighted by molar-refractivity contribution is 0.669. The molecule has 0 atom stereocenters. The molecule has 3 aromatic heterocycles. The SMILES string of the molecule is c1ccc(-c2cc(-c3ccccc3)cc(-c3nc(-c4ccccc4)nc(-c4cccc5c4oc4cc(-n6c7ccccc7c7cc8ccccc8cc76)c6ccccc6c45)n3)c2)cc1. The molecule has 13 rings (SSSR count). The van der Waals surface area contributed by atoms with Gasteiger partial charge < -0.3 is 8.98 Å². The first kappa shape index (κ1) is 36.0. The Morgan fingerprint density at radius 3 is 1.56 bits per heavy atom. The predicted octanol–water partition coefficient (Wildman–Crippen LogP) is 15.5. The highest BCUT2D eigenvalue weighted by atomic mass is 16.3. The first-order valence-electron chi connectivity index (χ1n) is 21.6. The zero-order chi connectivity index (χ0) is 42.1. The summed E-state index contributed by atoms with van der Waals surface area (Å²) < 4.78 is 9.52. The molecule has 3 heterocycles. The Morgan fingerprint density at radius 1 is 0.328 bits per heavy atom. The van der Waals surface area contributed by atoms with E-state index in [-0.39, 0.29) is 0 Å². The average Bonchev–Trinajstić information content (AvgIpc) is 3.91. The summed E-state index contributed by atoms with van der Waals surface area (Å²) in [5, 5.41) is 9.17. The topological polar surface area (TPSA) is 56.7 Å². The van der Waals surface area contributed by atoms with E-state index in [1.54, 1.807) is 0 Å². The van der Waals surface area contributed by atoms with Crippen LogP contribution in [0.15, 0.2) is 223 Å². The highest BCUT2D eigenvalue weighted by Gasteiger charge is 2.23. The Kier molecular flexibility index (Phi) is 8.15. The summed E-state index contributed by atoms with van der Waals surface area (Å²) in [4.78, 5) is 15.7. The third kappa shape index (κ3) is 5.83. The molecule has 0 aliphatic carbocycles. The maximum absolute atomic E-state index is 7.11. The minimum absolute atomic E-state index is 0.540. The number of rotatable bonds is 6. The Morgan fingerprint density at radius 2 is 0.859 bits per heavy atom. The Bertz CT molecular complexity index is 3890. The molecule has 298 valence electrons. The minimum Gasteiger partial charge on any atom is -0.455 e. The second-order valence-electron chi connectivity index (χ2n) is 16.4. The molecule has 0 bridgehead atoms. The van der Waals surface area contributed by atoms with Crippen LogP contribution in [0.1, 0.15) is 0 Å². The van der Waals surface area contributed by atoms with Crippen molar-refractivity contribution in [3.05, 3.63) is 218 Å². The monoisotopic (exact) mass is 816 g/mol. The smallest absolute Gasteiger partial charge is 0.167 e. The molecule has 0 aliphatic rings. The summed E-state index contributed by atoms with van der Waals surface area (Å²) in [6, 6.07) is 76.8. The van der Waals surface area contributed by atoms with Crippen LogP contribution in [0.5, 0.6) is 0 Å². The van der Waals surface area contributed by atoms with E-state index in [9.17, 15) is 0 Å². The molecule has 0 fully saturated rings. The minimum atomic E-state index is 0.540. The van der Waals surface area contributed by atoms with Gasteiger partial charge in [0.2, 0.25) is 0 Å². The fourth-order valence-electron chi connectivity index (χ4n) is 9.61. The highest BCUT2D eigenvalue weighted by Crippen LogP contribution is 2.44. The van der Waals surface area contributed by atoms with Gasteiger partial charge in [0.25, 0.3) is 0 Å². The number of hydrogen-bond acceptors (Lipinski definition) is 4. The van der Waals surface area contributed by atoms with E-state index in [1.807, 2.05) is 42.5 Å².